The summed E-state index contributed by atoms with van der Waals surface area (Å²) in [5, 5.41) is 0. The number of benzene rings is 2. The van der Waals surface area contributed by atoms with Crippen molar-refractivity contribution in [2.45, 2.75) is 13.2 Å². The van der Waals surface area contributed by atoms with E-state index in [4.69, 9.17) is 15.2 Å². The highest BCUT2D eigenvalue weighted by Crippen LogP contribution is 2.24. The largest absolute Gasteiger partial charge is 0.497 e. The van der Waals surface area contributed by atoms with Crippen LogP contribution in [0.1, 0.15) is 11.1 Å². The molecule has 3 nitrogen and oxygen atoms in total. The lowest BCUT2D eigenvalue weighted by Gasteiger charge is -2.11. The van der Waals surface area contributed by atoms with Crippen LogP contribution in [0.3, 0.4) is 0 Å². The molecule has 0 spiro atoms. The number of hydrogen-bond donors (Lipinski definition) is 1. The minimum Gasteiger partial charge on any atom is -0.497 e. The Labute approximate surface area is 121 Å². The highest BCUT2D eigenvalue weighted by Gasteiger charge is 2.04. The molecular formula is C15H16BrNO2. The van der Waals surface area contributed by atoms with Gasteiger partial charge >= 0.3 is 0 Å². The molecular weight excluding hydrogens is 306 g/mol. The molecule has 0 radical (unpaired) electrons. The van der Waals surface area contributed by atoms with Gasteiger partial charge in [-0.1, -0.05) is 28.1 Å². The summed E-state index contributed by atoms with van der Waals surface area (Å²) in [5.41, 5.74) is 7.76. The molecule has 100 valence electrons. The molecule has 2 aromatic carbocycles. The van der Waals surface area contributed by atoms with E-state index in [-0.39, 0.29) is 0 Å². The molecule has 2 N–H and O–H groups in total. The monoisotopic (exact) mass is 321 g/mol. The van der Waals surface area contributed by atoms with Gasteiger partial charge in [-0.2, -0.15) is 0 Å². The van der Waals surface area contributed by atoms with E-state index in [1.54, 1.807) is 7.11 Å². The number of rotatable bonds is 5. The smallest absolute Gasteiger partial charge is 0.124 e. The van der Waals surface area contributed by atoms with Crippen LogP contribution in [0.4, 0.5) is 0 Å². The molecule has 19 heavy (non-hydrogen) atoms. The Morgan fingerprint density at radius 2 is 2.00 bits per heavy atom. The summed E-state index contributed by atoms with van der Waals surface area (Å²) in [6, 6.07) is 13.7. The summed E-state index contributed by atoms with van der Waals surface area (Å²) in [5.74, 6) is 1.64. The van der Waals surface area contributed by atoms with Crippen LogP contribution in [-0.2, 0) is 13.2 Å². The van der Waals surface area contributed by atoms with Crippen LogP contribution < -0.4 is 15.2 Å². The van der Waals surface area contributed by atoms with Crippen LogP contribution in [0, 0.1) is 0 Å². The molecule has 0 atom stereocenters. The van der Waals surface area contributed by atoms with E-state index in [1.165, 1.54) is 0 Å². The van der Waals surface area contributed by atoms with E-state index in [0.29, 0.717) is 13.2 Å². The van der Waals surface area contributed by atoms with Crippen molar-refractivity contribution in [3.8, 4) is 11.5 Å². The van der Waals surface area contributed by atoms with Crippen molar-refractivity contribution >= 4 is 15.9 Å². The third-order valence-electron chi connectivity index (χ3n) is 2.77. The van der Waals surface area contributed by atoms with Crippen LogP contribution in [0.25, 0.3) is 0 Å². The van der Waals surface area contributed by atoms with E-state index < -0.39 is 0 Å². The van der Waals surface area contributed by atoms with Crippen LogP contribution in [0.15, 0.2) is 46.9 Å². The molecule has 0 saturated carbocycles. The molecule has 0 aliphatic heterocycles. The van der Waals surface area contributed by atoms with Crippen molar-refractivity contribution in [1.29, 1.82) is 0 Å². The number of ether oxygens (including phenoxy) is 2. The molecule has 0 aliphatic carbocycles. The average molecular weight is 322 g/mol. The van der Waals surface area contributed by atoms with Gasteiger partial charge in [0.2, 0.25) is 0 Å². The minimum atomic E-state index is 0.451. The van der Waals surface area contributed by atoms with Gasteiger partial charge in [-0.25, -0.2) is 0 Å². The van der Waals surface area contributed by atoms with Gasteiger partial charge < -0.3 is 15.2 Å². The molecule has 4 heteroatoms. The van der Waals surface area contributed by atoms with Gasteiger partial charge in [-0.3, -0.25) is 0 Å². The molecule has 0 aromatic heterocycles. The van der Waals surface area contributed by atoms with Crippen molar-refractivity contribution in [1.82, 2.24) is 0 Å². The Hall–Kier alpha value is -1.52. The number of halogens is 1. The summed E-state index contributed by atoms with van der Waals surface area (Å²) in [4.78, 5) is 0. The van der Waals surface area contributed by atoms with Gasteiger partial charge in [0.1, 0.15) is 18.1 Å². The number of nitrogens with two attached hydrogens (primary N) is 1. The molecule has 0 bridgehead atoms. The predicted molar refractivity (Wildman–Crippen MR) is 79.4 cm³/mol. The van der Waals surface area contributed by atoms with Gasteiger partial charge in [-0.05, 0) is 35.9 Å². The van der Waals surface area contributed by atoms with Gasteiger partial charge in [0.05, 0.1) is 7.11 Å². The molecule has 2 rings (SSSR count). The minimum absolute atomic E-state index is 0.451. The zero-order chi connectivity index (χ0) is 13.7. The third-order valence-corrected chi connectivity index (χ3v) is 3.26. The highest BCUT2D eigenvalue weighted by atomic mass is 79.9. The van der Waals surface area contributed by atoms with Crippen molar-refractivity contribution in [3.05, 3.63) is 58.1 Å². The fraction of sp³-hybridized carbons (Fsp3) is 0.200. The van der Waals surface area contributed by atoms with E-state index in [9.17, 15) is 0 Å². The maximum atomic E-state index is 5.81. The number of hydrogen-bond acceptors (Lipinski definition) is 3. The fourth-order valence-corrected chi connectivity index (χ4v) is 2.18. The van der Waals surface area contributed by atoms with Crippen molar-refractivity contribution in [3.63, 3.8) is 0 Å². The number of methoxy groups -OCH3 is 1. The quantitative estimate of drug-likeness (QED) is 0.916. The fourth-order valence-electron chi connectivity index (χ4n) is 1.77. The van der Waals surface area contributed by atoms with Gasteiger partial charge in [0.25, 0.3) is 0 Å². The third kappa shape index (κ3) is 3.72. The summed E-state index contributed by atoms with van der Waals surface area (Å²) in [6.07, 6.45) is 0. The lowest BCUT2D eigenvalue weighted by molar-refractivity contribution is 0.302. The molecule has 0 amide bonds. The molecule has 0 unspecified atom stereocenters. The SMILES string of the molecule is COc1cccc(COc2ccc(Br)cc2CN)c1. The highest BCUT2D eigenvalue weighted by molar-refractivity contribution is 9.10. The predicted octanol–water partition coefficient (Wildman–Crippen LogP) is 3.50. The Balaban J connectivity index is 2.09. The first kappa shape index (κ1) is 13.9. The molecule has 0 heterocycles. The Morgan fingerprint density at radius 3 is 2.74 bits per heavy atom. The molecule has 0 saturated heterocycles. The first-order chi connectivity index (χ1) is 9.22. The lowest BCUT2D eigenvalue weighted by Crippen LogP contribution is -2.03. The van der Waals surface area contributed by atoms with Crippen LogP contribution in [0.2, 0.25) is 0 Å². The van der Waals surface area contributed by atoms with Crippen LogP contribution in [0.5, 0.6) is 11.5 Å². The lowest BCUT2D eigenvalue weighted by atomic mass is 10.2. The van der Waals surface area contributed by atoms with Crippen LogP contribution in [-0.4, -0.2) is 7.11 Å². The summed E-state index contributed by atoms with van der Waals surface area (Å²) in [7, 11) is 1.65. The second kappa shape index (κ2) is 6.59. The normalized spacial score (nSPS) is 10.3. The zero-order valence-corrected chi connectivity index (χ0v) is 12.3. The van der Waals surface area contributed by atoms with Crippen molar-refractivity contribution < 1.29 is 9.47 Å². The van der Waals surface area contributed by atoms with E-state index >= 15 is 0 Å². The Kier molecular flexibility index (Phi) is 4.82. The summed E-state index contributed by atoms with van der Waals surface area (Å²) < 4.78 is 12.0. The summed E-state index contributed by atoms with van der Waals surface area (Å²) >= 11 is 3.42. The van der Waals surface area contributed by atoms with E-state index in [0.717, 1.165) is 27.1 Å². The first-order valence-electron chi connectivity index (χ1n) is 5.97. The Morgan fingerprint density at radius 1 is 1.16 bits per heavy atom. The molecule has 0 aliphatic rings. The topological polar surface area (TPSA) is 44.5 Å². The average Bonchev–Trinajstić information content (AvgIpc) is 2.46. The van der Waals surface area contributed by atoms with Crippen LogP contribution >= 0.6 is 15.9 Å². The van der Waals surface area contributed by atoms with Gasteiger partial charge in [0, 0.05) is 16.6 Å². The van der Waals surface area contributed by atoms with Gasteiger partial charge in [-0.15, -0.1) is 0 Å². The first-order valence-corrected chi connectivity index (χ1v) is 6.76. The molecule has 0 fully saturated rings. The summed E-state index contributed by atoms with van der Waals surface area (Å²) in [6.45, 7) is 0.943. The van der Waals surface area contributed by atoms with Crippen molar-refractivity contribution in [2.75, 3.05) is 7.11 Å². The standard InChI is InChI=1S/C15H16BrNO2/c1-18-14-4-2-3-11(7-14)10-19-15-6-5-13(16)8-12(15)9-17/h2-8H,9-10,17H2,1H3. The maximum Gasteiger partial charge on any atom is 0.124 e. The van der Waals surface area contributed by atoms with E-state index in [2.05, 4.69) is 15.9 Å². The van der Waals surface area contributed by atoms with E-state index in [1.807, 2.05) is 42.5 Å². The second-order valence-electron chi connectivity index (χ2n) is 4.10. The maximum absolute atomic E-state index is 5.81. The second-order valence-corrected chi connectivity index (χ2v) is 5.01. The molecule has 2 aromatic rings. The Bertz CT molecular complexity index is 558. The zero-order valence-electron chi connectivity index (χ0n) is 10.7. The van der Waals surface area contributed by atoms with Crippen molar-refractivity contribution in [2.24, 2.45) is 5.73 Å². The van der Waals surface area contributed by atoms with Gasteiger partial charge in [0.15, 0.2) is 0 Å².